The summed E-state index contributed by atoms with van der Waals surface area (Å²) in [5, 5.41) is 19.0. The molecule has 2 aromatic rings. The van der Waals surface area contributed by atoms with Crippen LogP contribution >= 0.6 is 0 Å². The topological polar surface area (TPSA) is 99.7 Å². The Hall–Kier alpha value is -2.81. The molecule has 31 heavy (non-hydrogen) atoms. The predicted molar refractivity (Wildman–Crippen MR) is 117 cm³/mol. The lowest BCUT2D eigenvalue weighted by Crippen LogP contribution is -2.51. The minimum Gasteiger partial charge on any atom is -0.385 e. The molecule has 0 bridgehead atoms. The van der Waals surface area contributed by atoms with Gasteiger partial charge in [0.25, 0.3) is 11.8 Å². The molecule has 7 nitrogen and oxygen atoms in total. The number of benzene rings is 2. The third-order valence-electron chi connectivity index (χ3n) is 4.78. The van der Waals surface area contributed by atoms with Gasteiger partial charge in [0.05, 0.1) is 6.04 Å². The van der Waals surface area contributed by atoms with Crippen LogP contribution in [0.15, 0.2) is 48.5 Å². The minimum absolute atomic E-state index is 0.129. The van der Waals surface area contributed by atoms with E-state index in [1.165, 1.54) is 31.2 Å². The summed E-state index contributed by atoms with van der Waals surface area (Å²) in [5.74, 6) is -1.23. The average Bonchev–Trinajstić information content (AvgIpc) is 2.74. The van der Waals surface area contributed by atoms with Crippen LogP contribution in [0.25, 0.3) is 0 Å². The van der Waals surface area contributed by atoms with Gasteiger partial charge in [-0.05, 0) is 68.8 Å². The fourth-order valence-electron chi connectivity index (χ4n) is 2.85. The Balaban J connectivity index is 1.87. The highest BCUT2D eigenvalue weighted by Crippen LogP contribution is 2.18. The number of carbonyl (C=O) groups excluding carboxylic acids is 2. The van der Waals surface area contributed by atoms with Crippen molar-refractivity contribution in [2.24, 2.45) is 0 Å². The maximum absolute atomic E-state index is 13.0. The number of carbonyl (C=O) groups is 2. The SMILES string of the molecule is COCCCNCC(C)(O)C(=O)NC(C)c1ccc(NC(=O)c2ccc(F)cc2)cc1. The molecule has 0 aromatic heterocycles. The number of rotatable bonds is 11. The molecule has 2 amide bonds. The summed E-state index contributed by atoms with van der Waals surface area (Å²) in [4.78, 5) is 24.7. The summed E-state index contributed by atoms with van der Waals surface area (Å²) in [5.41, 5.74) is 0.190. The summed E-state index contributed by atoms with van der Waals surface area (Å²) in [6.45, 7) is 4.65. The van der Waals surface area contributed by atoms with Gasteiger partial charge in [-0.25, -0.2) is 4.39 Å². The number of hydrogen-bond acceptors (Lipinski definition) is 5. The van der Waals surface area contributed by atoms with E-state index in [1.54, 1.807) is 31.4 Å². The van der Waals surface area contributed by atoms with Crippen molar-refractivity contribution in [2.75, 3.05) is 32.1 Å². The molecule has 2 rings (SSSR count). The summed E-state index contributed by atoms with van der Waals surface area (Å²) < 4.78 is 17.9. The molecule has 2 unspecified atom stereocenters. The van der Waals surface area contributed by atoms with Crippen molar-refractivity contribution in [3.05, 3.63) is 65.5 Å². The smallest absolute Gasteiger partial charge is 0.255 e. The molecule has 0 spiro atoms. The monoisotopic (exact) mass is 431 g/mol. The van der Waals surface area contributed by atoms with Gasteiger partial charge in [-0.15, -0.1) is 0 Å². The van der Waals surface area contributed by atoms with E-state index in [4.69, 9.17) is 4.74 Å². The second-order valence-electron chi connectivity index (χ2n) is 7.58. The summed E-state index contributed by atoms with van der Waals surface area (Å²) >= 11 is 0. The standard InChI is InChI=1S/C23H30FN3O4/c1-16(26-22(29)23(2,30)15-25-13-4-14-31-3)17-7-11-20(12-8-17)27-21(28)18-5-9-19(24)10-6-18/h5-12,16,25,30H,4,13-15H2,1-3H3,(H,26,29)(H,27,28). The molecule has 168 valence electrons. The van der Waals surface area contributed by atoms with Crippen molar-refractivity contribution in [2.45, 2.75) is 31.9 Å². The van der Waals surface area contributed by atoms with Gasteiger partial charge in [0, 0.05) is 31.5 Å². The van der Waals surface area contributed by atoms with Gasteiger partial charge in [-0.2, -0.15) is 0 Å². The molecule has 0 saturated carbocycles. The number of nitrogens with one attached hydrogen (secondary N) is 3. The predicted octanol–water partition coefficient (Wildman–Crippen LogP) is 2.63. The summed E-state index contributed by atoms with van der Waals surface area (Å²) in [6.07, 6.45) is 0.786. The first-order chi connectivity index (χ1) is 14.7. The zero-order valence-corrected chi connectivity index (χ0v) is 18.1. The molecule has 0 radical (unpaired) electrons. The van der Waals surface area contributed by atoms with Gasteiger partial charge >= 0.3 is 0 Å². The Labute approximate surface area is 182 Å². The fraction of sp³-hybridized carbons (Fsp3) is 0.391. The van der Waals surface area contributed by atoms with Crippen molar-refractivity contribution in [3.8, 4) is 0 Å². The van der Waals surface area contributed by atoms with Gasteiger partial charge in [0.15, 0.2) is 5.60 Å². The van der Waals surface area contributed by atoms with E-state index in [9.17, 15) is 19.1 Å². The van der Waals surface area contributed by atoms with E-state index in [1.807, 2.05) is 6.92 Å². The lowest BCUT2D eigenvalue weighted by atomic mass is 10.0. The van der Waals surface area contributed by atoms with E-state index >= 15 is 0 Å². The molecule has 0 saturated heterocycles. The Bertz CT molecular complexity index is 854. The van der Waals surface area contributed by atoms with Crippen molar-refractivity contribution in [1.82, 2.24) is 10.6 Å². The Kier molecular flexibility index (Phi) is 9.11. The number of halogens is 1. The highest BCUT2D eigenvalue weighted by atomic mass is 19.1. The maximum Gasteiger partial charge on any atom is 0.255 e. The van der Waals surface area contributed by atoms with Crippen LogP contribution in [-0.2, 0) is 9.53 Å². The Morgan fingerprint density at radius 2 is 1.77 bits per heavy atom. The van der Waals surface area contributed by atoms with E-state index in [-0.39, 0.29) is 18.5 Å². The van der Waals surface area contributed by atoms with Crippen LogP contribution in [0.5, 0.6) is 0 Å². The zero-order chi connectivity index (χ0) is 22.9. The maximum atomic E-state index is 13.0. The van der Waals surface area contributed by atoms with E-state index in [2.05, 4.69) is 16.0 Å². The fourth-order valence-corrected chi connectivity index (χ4v) is 2.85. The number of hydrogen-bond donors (Lipinski definition) is 4. The lowest BCUT2D eigenvalue weighted by Gasteiger charge is -2.25. The second kappa shape index (κ2) is 11.5. The first kappa shape index (κ1) is 24.5. The first-order valence-corrected chi connectivity index (χ1v) is 10.1. The van der Waals surface area contributed by atoms with Crippen molar-refractivity contribution in [1.29, 1.82) is 0 Å². The van der Waals surface area contributed by atoms with Crippen molar-refractivity contribution in [3.63, 3.8) is 0 Å². The van der Waals surface area contributed by atoms with Crippen LogP contribution in [0.3, 0.4) is 0 Å². The molecule has 0 heterocycles. The summed E-state index contributed by atoms with van der Waals surface area (Å²) in [7, 11) is 1.62. The largest absolute Gasteiger partial charge is 0.385 e. The molecular weight excluding hydrogens is 401 g/mol. The second-order valence-corrected chi connectivity index (χ2v) is 7.58. The third kappa shape index (κ3) is 7.75. The molecule has 0 aliphatic carbocycles. The van der Waals surface area contributed by atoms with Gasteiger partial charge in [0.2, 0.25) is 0 Å². The Morgan fingerprint density at radius 1 is 1.13 bits per heavy atom. The molecule has 0 aliphatic rings. The van der Waals surface area contributed by atoms with Crippen LogP contribution in [0, 0.1) is 5.82 Å². The summed E-state index contributed by atoms with van der Waals surface area (Å²) in [6, 6.07) is 11.9. The molecule has 4 N–H and O–H groups in total. The van der Waals surface area contributed by atoms with Crippen LogP contribution in [0.4, 0.5) is 10.1 Å². The van der Waals surface area contributed by atoms with Gasteiger partial charge in [0.1, 0.15) is 5.82 Å². The number of methoxy groups -OCH3 is 1. The van der Waals surface area contributed by atoms with E-state index in [0.29, 0.717) is 24.4 Å². The van der Waals surface area contributed by atoms with Crippen molar-refractivity contribution < 1.29 is 23.8 Å². The van der Waals surface area contributed by atoms with Crippen molar-refractivity contribution >= 4 is 17.5 Å². The molecule has 2 atom stereocenters. The van der Waals surface area contributed by atoms with Gasteiger partial charge in [-0.1, -0.05) is 12.1 Å². The zero-order valence-electron chi connectivity index (χ0n) is 18.1. The molecule has 2 aromatic carbocycles. The van der Waals surface area contributed by atoms with Crippen LogP contribution in [0.1, 0.15) is 42.2 Å². The van der Waals surface area contributed by atoms with Gasteiger partial charge in [-0.3, -0.25) is 9.59 Å². The lowest BCUT2D eigenvalue weighted by molar-refractivity contribution is -0.138. The minimum atomic E-state index is -1.55. The molecule has 0 fully saturated rings. The normalized spacial score (nSPS) is 13.8. The number of amides is 2. The average molecular weight is 432 g/mol. The molecule has 8 heteroatoms. The Morgan fingerprint density at radius 3 is 2.39 bits per heavy atom. The van der Waals surface area contributed by atoms with E-state index < -0.39 is 17.3 Å². The number of ether oxygens (including phenoxy) is 1. The van der Waals surface area contributed by atoms with Crippen LogP contribution in [-0.4, -0.2) is 49.3 Å². The van der Waals surface area contributed by atoms with Crippen LogP contribution < -0.4 is 16.0 Å². The highest BCUT2D eigenvalue weighted by molar-refractivity contribution is 6.04. The quantitative estimate of drug-likeness (QED) is 0.410. The number of anilines is 1. The van der Waals surface area contributed by atoms with Crippen LogP contribution in [0.2, 0.25) is 0 Å². The third-order valence-corrected chi connectivity index (χ3v) is 4.78. The van der Waals surface area contributed by atoms with Gasteiger partial charge < -0.3 is 25.8 Å². The first-order valence-electron chi connectivity index (χ1n) is 10.1. The number of aliphatic hydroxyl groups is 1. The molecular formula is C23H30FN3O4. The molecule has 0 aliphatic heterocycles. The van der Waals surface area contributed by atoms with E-state index in [0.717, 1.165) is 12.0 Å². The highest BCUT2D eigenvalue weighted by Gasteiger charge is 2.30.